The fourth-order valence-corrected chi connectivity index (χ4v) is 3.61. The van der Waals surface area contributed by atoms with Crippen LogP contribution in [0.5, 0.6) is 0 Å². The summed E-state index contributed by atoms with van der Waals surface area (Å²) < 4.78 is 63.4. The molecule has 0 amide bonds. The minimum absolute atomic E-state index is 0.122. The van der Waals surface area contributed by atoms with E-state index >= 15 is 0 Å². The number of nitrogens with zero attached hydrogens (tertiary/aromatic N) is 2. The first-order valence-electron chi connectivity index (χ1n) is 5.61. The Balaban J connectivity index is 2.14. The van der Waals surface area contributed by atoms with E-state index in [-0.39, 0.29) is 6.54 Å². The Morgan fingerprint density at radius 2 is 2.00 bits per heavy atom. The lowest BCUT2D eigenvalue weighted by Crippen LogP contribution is -2.23. The van der Waals surface area contributed by atoms with Crippen LogP contribution in [-0.2, 0) is 22.7 Å². The fraction of sp³-hybridized carbons (Fsp3) is 0.273. The molecule has 0 atom stereocenters. The van der Waals surface area contributed by atoms with Gasteiger partial charge in [-0.3, -0.25) is 0 Å². The van der Waals surface area contributed by atoms with Crippen LogP contribution in [-0.4, -0.2) is 18.4 Å². The third-order valence-corrected chi connectivity index (χ3v) is 4.97. The zero-order valence-corrected chi connectivity index (χ0v) is 12.3. The predicted molar refractivity (Wildman–Crippen MR) is 70.1 cm³/mol. The molecule has 2 aromatic rings. The molecule has 0 radical (unpaired) electrons. The summed E-state index contributed by atoms with van der Waals surface area (Å²) in [5, 5.41) is 0.955. The number of aryl methyl sites for hydroxylation is 1. The number of hydrogen-bond donors (Lipinski definition) is 1. The van der Waals surface area contributed by atoms with Crippen LogP contribution in [0.25, 0.3) is 0 Å². The summed E-state index contributed by atoms with van der Waals surface area (Å²) in [5.41, 5.74) is 1.09. The lowest BCUT2D eigenvalue weighted by Gasteiger charge is -2.05. The van der Waals surface area contributed by atoms with Crippen molar-refractivity contribution in [1.82, 2.24) is 14.7 Å². The monoisotopic (exact) mass is 337 g/mol. The smallest absolute Gasteiger partial charge is 0.242 e. The van der Waals surface area contributed by atoms with Crippen molar-refractivity contribution in [2.24, 2.45) is 0 Å². The minimum Gasteiger partial charge on any atom is -0.242 e. The predicted octanol–water partition coefficient (Wildman–Crippen LogP) is 2.34. The topological polar surface area (TPSA) is 72.0 Å². The molecule has 0 saturated heterocycles. The third kappa shape index (κ3) is 3.99. The van der Waals surface area contributed by atoms with Gasteiger partial charge in [-0.1, -0.05) is 0 Å². The van der Waals surface area contributed by atoms with Gasteiger partial charge in [-0.2, -0.15) is 13.2 Å². The van der Waals surface area contributed by atoms with Crippen molar-refractivity contribution in [3.05, 3.63) is 40.1 Å². The van der Waals surface area contributed by atoms with Gasteiger partial charge in [-0.15, -0.1) is 11.3 Å². The zero-order valence-electron chi connectivity index (χ0n) is 10.7. The lowest BCUT2D eigenvalue weighted by molar-refractivity contribution is -0.134. The first-order chi connectivity index (χ1) is 9.68. The van der Waals surface area contributed by atoms with Crippen LogP contribution in [0.3, 0.4) is 0 Å². The van der Waals surface area contributed by atoms with Crippen molar-refractivity contribution in [1.29, 1.82) is 0 Å². The van der Waals surface area contributed by atoms with Gasteiger partial charge < -0.3 is 0 Å². The van der Waals surface area contributed by atoms with E-state index in [2.05, 4.69) is 14.7 Å². The van der Waals surface area contributed by atoms with E-state index in [0.717, 1.165) is 5.38 Å². The van der Waals surface area contributed by atoms with Crippen molar-refractivity contribution < 1.29 is 21.6 Å². The van der Waals surface area contributed by atoms with Crippen molar-refractivity contribution in [2.45, 2.75) is 24.5 Å². The van der Waals surface area contributed by atoms with Crippen LogP contribution >= 0.6 is 11.3 Å². The molecule has 0 aliphatic heterocycles. The van der Waals surface area contributed by atoms with Crippen LogP contribution in [0.4, 0.5) is 13.2 Å². The second-order valence-corrected chi connectivity index (χ2v) is 6.80. The van der Waals surface area contributed by atoms with Crippen LogP contribution in [0.2, 0.25) is 0 Å². The molecule has 5 nitrogen and oxygen atoms in total. The average molecular weight is 337 g/mol. The molecule has 0 unspecified atom stereocenters. The van der Waals surface area contributed by atoms with E-state index in [1.54, 1.807) is 13.0 Å². The highest BCUT2D eigenvalue weighted by Gasteiger charge is 2.33. The number of hydrogen-bond acceptors (Lipinski definition) is 5. The molecule has 0 fully saturated rings. The average Bonchev–Trinajstić information content (AvgIpc) is 2.87. The maximum atomic E-state index is 12.5. The summed E-state index contributed by atoms with van der Waals surface area (Å²) in [6, 6.07) is 2.19. The first kappa shape index (κ1) is 15.9. The highest BCUT2D eigenvalue weighted by molar-refractivity contribution is 7.89. The molecule has 21 heavy (non-hydrogen) atoms. The molecule has 114 valence electrons. The SMILES string of the molecule is Cc1cc(CNS(=O)(=O)c2csc(C(F)(F)F)c2)ncn1. The summed E-state index contributed by atoms with van der Waals surface area (Å²) in [5.74, 6) is 0. The molecule has 10 heteroatoms. The molecular weight excluding hydrogens is 327 g/mol. The second-order valence-electron chi connectivity index (χ2n) is 4.12. The number of rotatable bonds is 4. The van der Waals surface area contributed by atoms with Crippen LogP contribution in [0, 0.1) is 6.92 Å². The molecule has 2 heterocycles. The molecule has 1 N–H and O–H groups in total. The van der Waals surface area contributed by atoms with Crippen LogP contribution in [0.1, 0.15) is 16.3 Å². The maximum Gasteiger partial charge on any atom is 0.425 e. The number of aromatic nitrogens is 2. The molecule has 0 bridgehead atoms. The normalized spacial score (nSPS) is 12.6. The van der Waals surface area contributed by atoms with E-state index in [9.17, 15) is 21.6 Å². The Labute approximate surface area is 122 Å². The quantitative estimate of drug-likeness (QED) is 0.929. The Hall–Kier alpha value is -1.52. The molecule has 0 aliphatic rings. The summed E-state index contributed by atoms with van der Waals surface area (Å²) in [4.78, 5) is 6.36. The van der Waals surface area contributed by atoms with Gasteiger partial charge in [0.25, 0.3) is 0 Å². The molecular formula is C11H10F3N3O2S2. The maximum absolute atomic E-state index is 12.5. The first-order valence-corrected chi connectivity index (χ1v) is 7.98. The van der Waals surface area contributed by atoms with E-state index in [1.807, 2.05) is 0 Å². The molecule has 0 saturated carbocycles. The van der Waals surface area contributed by atoms with Gasteiger partial charge in [-0.25, -0.2) is 23.1 Å². The van der Waals surface area contributed by atoms with Crippen LogP contribution in [0.15, 0.2) is 28.7 Å². The van der Waals surface area contributed by atoms with Gasteiger partial charge in [0.1, 0.15) is 11.2 Å². The van der Waals surface area contributed by atoms with Gasteiger partial charge >= 0.3 is 6.18 Å². The Kier molecular flexibility index (Phi) is 4.30. The molecule has 0 spiro atoms. The second kappa shape index (κ2) is 5.70. The summed E-state index contributed by atoms with van der Waals surface area (Å²) in [6.07, 6.45) is -3.27. The number of alkyl halides is 3. The molecule has 2 aromatic heterocycles. The van der Waals surface area contributed by atoms with E-state index < -0.39 is 26.0 Å². The minimum atomic E-state index is -4.55. The Bertz CT molecular complexity index is 741. The van der Waals surface area contributed by atoms with E-state index in [0.29, 0.717) is 28.8 Å². The van der Waals surface area contributed by atoms with Crippen molar-refractivity contribution in [2.75, 3.05) is 0 Å². The van der Waals surface area contributed by atoms with Gasteiger partial charge in [0.2, 0.25) is 10.0 Å². The molecule has 0 aliphatic carbocycles. The summed E-state index contributed by atoms with van der Waals surface area (Å²) >= 11 is 0.338. The highest BCUT2D eigenvalue weighted by atomic mass is 32.2. The Morgan fingerprint density at radius 3 is 2.57 bits per heavy atom. The number of sulfonamides is 1. The van der Waals surface area contributed by atoms with Crippen molar-refractivity contribution in [3.63, 3.8) is 0 Å². The largest absolute Gasteiger partial charge is 0.425 e. The Morgan fingerprint density at radius 1 is 1.29 bits per heavy atom. The van der Waals surface area contributed by atoms with E-state index in [4.69, 9.17) is 0 Å². The molecule has 0 aromatic carbocycles. The van der Waals surface area contributed by atoms with Gasteiger partial charge in [0.05, 0.1) is 17.1 Å². The third-order valence-electron chi connectivity index (χ3n) is 2.47. The zero-order chi connectivity index (χ0) is 15.7. The standard InChI is InChI=1S/C11H10F3N3O2S2/c1-7-2-8(16-6-15-7)4-17-21(18,19)9-3-10(20-5-9)11(12,13)14/h2-3,5-6,17H,4H2,1H3. The van der Waals surface area contributed by atoms with E-state index in [1.165, 1.54) is 6.33 Å². The number of nitrogens with one attached hydrogen (secondary N) is 1. The highest BCUT2D eigenvalue weighted by Crippen LogP contribution is 2.35. The number of halogens is 3. The molecule has 2 rings (SSSR count). The van der Waals surface area contributed by atoms with Gasteiger partial charge in [0.15, 0.2) is 0 Å². The van der Waals surface area contributed by atoms with Gasteiger partial charge in [-0.05, 0) is 19.1 Å². The summed E-state index contributed by atoms with van der Waals surface area (Å²) in [7, 11) is -4.01. The van der Waals surface area contributed by atoms with Gasteiger partial charge in [0, 0.05) is 11.1 Å². The van der Waals surface area contributed by atoms with Crippen molar-refractivity contribution in [3.8, 4) is 0 Å². The number of thiophene rings is 1. The van der Waals surface area contributed by atoms with Crippen LogP contribution < -0.4 is 4.72 Å². The summed E-state index contributed by atoms with van der Waals surface area (Å²) in [6.45, 7) is 1.59. The lowest BCUT2D eigenvalue weighted by atomic mass is 10.3. The fourth-order valence-electron chi connectivity index (χ4n) is 1.47. The van der Waals surface area contributed by atoms with Crippen molar-refractivity contribution >= 4 is 21.4 Å².